The van der Waals surface area contributed by atoms with Crippen molar-refractivity contribution in [1.29, 1.82) is 0 Å². The van der Waals surface area contributed by atoms with Gasteiger partial charge < -0.3 is 15.6 Å². The molecule has 0 aromatic carbocycles. The van der Waals surface area contributed by atoms with E-state index in [2.05, 4.69) is 22.4 Å². The van der Waals surface area contributed by atoms with Crippen molar-refractivity contribution in [3.8, 4) is 0 Å². The molecule has 0 saturated carbocycles. The number of hydrogen-bond donors (Lipinski definition) is 2. The van der Waals surface area contributed by atoms with E-state index >= 15 is 0 Å². The van der Waals surface area contributed by atoms with Gasteiger partial charge in [-0.05, 0) is 25.7 Å². The molecule has 0 aliphatic rings. The normalized spacial score (nSPS) is 11.6. The first-order chi connectivity index (χ1) is 10.0. The Morgan fingerprint density at radius 1 is 1.29 bits per heavy atom. The number of hydrogen-bond acceptors (Lipinski definition) is 5. The van der Waals surface area contributed by atoms with Crippen LogP contribution in [0, 0.1) is 0 Å². The lowest BCUT2D eigenvalue weighted by Crippen LogP contribution is -2.49. The van der Waals surface area contributed by atoms with E-state index < -0.39 is 0 Å². The van der Waals surface area contributed by atoms with Crippen molar-refractivity contribution in [2.24, 2.45) is 5.73 Å². The van der Waals surface area contributed by atoms with Crippen molar-refractivity contribution < 1.29 is 9.32 Å². The van der Waals surface area contributed by atoms with Crippen molar-refractivity contribution in [1.82, 2.24) is 15.5 Å². The highest BCUT2D eigenvalue weighted by Crippen LogP contribution is 2.10. The van der Waals surface area contributed by atoms with Gasteiger partial charge in [0.25, 0.3) is 0 Å². The monoisotopic (exact) mass is 296 g/mol. The zero-order valence-corrected chi connectivity index (χ0v) is 13.4. The van der Waals surface area contributed by atoms with Crippen molar-refractivity contribution in [3.05, 3.63) is 11.7 Å². The third-order valence-electron chi connectivity index (χ3n) is 3.82. The highest BCUT2D eigenvalue weighted by atomic mass is 16.5. The van der Waals surface area contributed by atoms with E-state index in [4.69, 9.17) is 10.3 Å². The average molecular weight is 296 g/mol. The molecule has 1 aromatic heterocycles. The average Bonchev–Trinajstić information content (AvgIpc) is 2.93. The summed E-state index contributed by atoms with van der Waals surface area (Å²) >= 11 is 0. The smallest absolute Gasteiger partial charge is 0.226 e. The zero-order chi connectivity index (χ0) is 15.7. The second kappa shape index (κ2) is 8.77. The third kappa shape index (κ3) is 6.25. The van der Waals surface area contributed by atoms with Gasteiger partial charge in [0, 0.05) is 31.3 Å². The highest BCUT2D eigenvalue weighted by Gasteiger charge is 2.20. The number of nitrogens with zero attached hydrogens (tertiary/aromatic N) is 2. The van der Waals surface area contributed by atoms with Crippen LogP contribution in [0.15, 0.2) is 4.52 Å². The van der Waals surface area contributed by atoms with Gasteiger partial charge in [-0.25, -0.2) is 0 Å². The van der Waals surface area contributed by atoms with Gasteiger partial charge in [-0.15, -0.1) is 0 Å². The number of nitrogens with one attached hydrogen (secondary N) is 1. The second-order valence-electron chi connectivity index (χ2n) is 5.55. The molecule has 21 heavy (non-hydrogen) atoms. The molecule has 0 atom stereocenters. The summed E-state index contributed by atoms with van der Waals surface area (Å²) in [6.07, 6.45) is 5.33. The molecule has 0 fully saturated rings. The lowest BCUT2D eigenvalue weighted by molar-refractivity contribution is -0.121. The molecule has 0 unspecified atom stereocenters. The molecule has 1 aromatic rings. The van der Waals surface area contributed by atoms with Crippen LogP contribution in [0.3, 0.4) is 0 Å². The quantitative estimate of drug-likeness (QED) is 0.688. The predicted octanol–water partition coefficient (Wildman–Crippen LogP) is 1.98. The Balaban J connectivity index is 2.23. The third-order valence-corrected chi connectivity index (χ3v) is 3.82. The van der Waals surface area contributed by atoms with Crippen LogP contribution in [0.2, 0.25) is 0 Å². The number of carbonyl (C=O) groups is 1. The Labute approximate surface area is 126 Å². The summed E-state index contributed by atoms with van der Waals surface area (Å²) in [7, 11) is 0. The van der Waals surface area contributed by atoms with E-state index in [0.717, 1.165) is 31.5 Å². The predicted molar refractivity (Wildman–Crippen MR) is 81.7 cm³/mol. The van der Waals surface area contributed by atoms with Crippen LogP contribution < -0.4 is 11.1 Å². The summed E-state index contributed by atoms with van der Waals surface area (Å²) in [4.78, 5) is 16.1. The standard InChI is InChI=1S/C15H28N4O2/c1-4-8-12-18-14(21-19-12)10-7-9-13(20)17-11-15(16,5-2)6-3/h4-11,16H2,1-3H3,(H,17,20). The Bertz CT molecular complexity index is 427. The van der Waals surface area contributed by atoms with Crippen LogP contribution >= 0.6 is 0 Å². The van der Waals surface area contributed by atoms with E-state index in [1.165, 1.54) is 0 Å². The van der Waals surface area contributed by atoms with Gasteiger partial charge in [-0.3, -0.25) is 4.79 Å². The molecule has 1 rings (SSSR count). The SMILES string of the molecule is CCCc1noc(CCCC(=O)NCC(N)(CC)CC)n1. The summed E-state index contributed by atoms with van der Waals surface area (Å²) in [5.74, 6) is 1.39. The van der Waals surface area contributed by atoms with Gasteiger partial charge in [0.05, 0.1) is 0 Å². The Hall–Kier alpha value is -1.43. The van der Waals surface area contributed by atoms with Crippen LogP contribution in [0.5, 0.6) is 0 Å². The number of aromatic nitrogens is 2. The summed E-state index contributed by atoms with van der Waals surface area (Å²) in [5.41, 5.74) is 5.85. The molecular weight excluding hydrogens is 268 g/mol. The molecule has 3 N–H and O–H groups in total. The minimum atomic E-state index is -0.294. The van der Waals surface area contributed by atoms with Gasteiger partial charge >= 0.3 is 0 Å². The topological polar surface area (TPSA) is 94.0 Å². The first kappa shape index (κ1) is 17.6. The van der Waals surface area contributed by atoms with Crippen LogP contribution in [0.25, 0.3) is 0 Å². The maximum atomic E-state index is 11.8. The van der Waals surface area contributed by atoms with Crippen LogP contribution in [-0.4, -0.2) is 28.1 Å². The van der Waals surface area contributed by atoms with Crippen LogP contribution in [0.1, 0.15) is 64.6 Å². The minimum absolute atomic E-state index is 0.0278. The Morgan fingerprint density at radius 2 is 2.00 bits per heavy atom. The first-order valence-corrected chi connectivity index (χ1v) is 7.90. The van der Waals surface area contributed by atoms with Gasteiger partial charge in [0.2, 0.25) is 11.8 Å². The first-order valence-electron chi connectivity index (χ1n) is 7.90. The Kier molecular flexibility index (Phi) is 7.36. The van der Waals surface area contributed by atoms with E-state index in [1.54, 1.807) is 0 Å². The lowest BCUT2D eigenvalue weighted by atomic mass is 9.94. The minimum Gasteiger partial charge on any atom is -0.354 e. The molecule has 1 heterocycles. The fourth-order valence-electron chi connectivity index (χ4n) is 1.98. The lowest BCUT2D eigenvalue weighted by Gasteiger charge is -2.26. The molecule has 0 bridgehead atoms. The van der Waals surface area contributed by atoms with Crippen LogP contribution in [-0.2, 0) is 17.6 Å². The number of nitrogens with two attached hydrogens (primary N) is 1. The molecule has 0 saturated heterocycles. The number of carbonyl (C=O) groups excluding carboxylic acids is 1. The molecule has 0 aliphatic carbocycles. The molecule has 0 aliphatic heterocycles. The van der Waals surface area contributed by atoms with Crippen molar-refractivity contribution in [2.45, 2.75) is 71.3 Å². The molecule has 6 heteroatoms. The molecule has 1 amide bonds. The molecule has 0 radical (unpaired) electrons. The van der Waals surface area contributed by atoms with E-state index in [0.29, 0.717) is 31.7 Å². The van der Waals surface area contributed by atoms with Gasteiger partial charge in [-0.2, -0.15) is 4.98 Å². The fourth-order valence-corrected chi connectivity index (χ4v) is 1.98. The maximum Gasteiger partial charge on any atom is 0.226 e. The van der Waals surface area contributed by atoms with E-state index in [9.17, 15) is 4.79 Å². The van der Waals surface area contributed by atoms with E-state index in [-0.39, 0.29) is 11.4 Å². The second-order valence-corrected chi connectivity index (χ2v) is 5.55. The maximum absolute atomic E-state index is 11.8. The molecule has 120 valence electrons. The van der Waals surface area contributed by atoms with E-state index in [1.807, 2.05) is 13.8 Å². The Morgan fingerprint density at radius 3 is 2.62 bits per heavy atom. The van der Waals surface area contributed by atoms with Gasteiger partial charge in [0.1, 0.15) is 0 Å². The summed E-state index contributed by atoms with van der Waals surface area (Å²) in [5, 5.41) is 6.80. The highest BCUT2D eigenvalue weighted by molar-refractivity contribution is 5.75. The fraction of sp³-hybridized carbons (Fsp3) is 0.800. The number of amides is 1. The largest absolute Gasteiger partial charge is 0.354 e. The number of rotatable bonds is 10. The summed E-state index contributed by atoms with van der Waals surface area (Å²) in [6.45, 7) is 6.68. The van der Waals surface area contributed by atoms with Crippen molar-refractivity contribution in [3.63, 3.8) is 0 Å². The van der Waals surface area contributed by atoms with Gasteiger partial charge in [-0.1, -0.05) is 25.9 Å². The number of aryl methyl sites for hydroxylation is 2. The molecule has 6 nitrogen and oxygen atoms in total. The van der Waals surface area contributed by atoms with Crippen molar-refractivity contribution in [2.75, 3.05) is 6.54 Å². The summed E-state index contributed by atoms with van der Waals surface area (Å²) < 4.78 is 5.14. The zero-order valence-electron chi connectivity index (χ0n) is 13.4. The molecular formula is C15H28N4O2. The van der Waals surface area contributed by atoms with Crippen LogP contribution in [0.4, 0.5) is 0 Å². The molecule has 0 spiro atoms. The summed E-state index contributed by atoms with van der Waals surface area (Å²) in [6, 6.07) is 0. The van der Waals surface area contributed by atoms with Gasteiger partial charge in [0.15, 0.2) is 5.82 Å². The van der Waals surface area contributed by atoms with Crippen molar-refractivity contribution >= 4 is 5.91 Å².